The molecule has 0 spiro atoms. The number of carbonyl (C=O) groups excluding carboxylic acids is 2. The van der Waals surface area contributed by atoms with E-state index >= 15 is 0 Å². The van der Waals surface area contributed by atoms with Gasteiger partial charge in [0.05, 0.1) is 4.48 Å². The molecule has 4 rings (SSSR count). The summed E-state index contributed by atoms with van der Waals surface area (Å²) in [5, 5.41) is 0. The van der Waals surface area contributed by atoms with Crippen LogP contribution in [-0.4, -0.2) is 11.6 Å². The number of allylic oxidation sites excluding steroid dienone is 6. The molecule has 5 atom stereocenters. The predicted molar refractivity (Wildman–Crippen MR) is 98.6 cm³/mol. The number of hydrogen-bond donors (Lipinski definition) is 0. The van der Waals surface area contributed by atoms with Crippen molar-refractivity contribution < 1.29 is 9.59 Å². The van der Waals surface area contributed by atoms with Gasteiger partial charge in [-0.25, -0.2) is 0 Å². The highest BCUT2D eigenvalue weighted by molar-refractivity contribution is 9.12. The van der Waals surface area contributed by atoms with E-state index in [4.69, 9.17) is 0 Å². The minimum absolute atomic E-state index is 0.0805. The third-order valence-corrected chi connectivity index (χ3v) is 8.38. The first-order valence-corrected chi connectivity index (χ1v) is 9.95. The molecule has 0 aromatic carbocycles. The predicted octanol–water partition coefficient (Wildman–Crippen LogP) is 5.14. The van der Waals surface area contributed by atoms with Gasteiger partial charge in [0.25, 0.3) is 0 Å². The molecule has 2 nitrogen and oxygen atoms in total. The Morgan fingerprint density at radius 2 is 1.96 bits per heavy atom. The van der Waals surface area contributed by atoms with Crippen LogP contribution < -0.4 is 0 Å². The third kappa shape index (κ3) is 1.94. The molecule has 0 unspecified atom stereocenters. The second-order valence-electron chi connectivity index (χ2n) is 8.48. The summed E-state index contributed by atoms with van der Waals surface area (Å²) < 4.78 is 0.745. The van der Waals surface area contributed by atoms with E-state index in [2.05, 4.69) is 48.9 Å². The van der Waals surface area contributed by atoms with Gasteiger partial charge in [-0.1, -0.05) is 26.0 Å². The van der Waals surface area contributed by atoms with E-state index in [0.29, 0.717) is 23.5 Å². The highest BCUT2D eigenvalue weighted by Crippen LogP contribution is 2.65. The molecule has 0 aromatic rings. The van der Waals surface area contributed by atoms with Crippen molar-refractivity contribution in [1.29, 1.82) is 0 Å². The van der Waals surface area contributed by atoms with E-state index in [9.17, 15) is 9.59 Å². The molecule has 0 bridgehead atoms. The zero-order valence-corrected chi connectivity index (χ0v) is 16.3. The van der Waals surface area contributed by atoms with Crippen LogP contribution in [0.5, 0.6) is 0 Å². The summed E-state index contributed by atoms with van der Waals surface area (Å²) >= 11 is 3.59. The Hall–Kier alpha value is -0.960. The molecule has 0 radical (unpaired) electrons. The van der Waals surface area contributed by atoms with Crippen LogP contribution in [0, 0.1) is 28.6 Å². The molecule has 3 heteroatoms. The first-order chi connectivity index (χ1) is 11.3. The number of carbonyl (C=O) groups is 2. The van der Waals surface area contributed by atoms with Crippen molar-refractivity contribution in [3.63, 3.8) is 0 Å². The molecule has 128 valence electrons. The van der Waals surface area contributed by atoms with E-state index in [-0.39, 0.29) is 16.6 Å². The number of ketones is 2. The molecule has 3 saturated carbocycles. The lowest BCUT2D eigenvalue weighted by molar-refractivity contribution is -0.131. The number of fused-ring (bicyclic) bond motifs is 5. The van der Waals surface area contributed by atoms with Gasteiger partial charge in [0.1, 0.15) is 5.78 Å². The van der Waals surface area contributed by atoms with Crippen molar-refractivity contribution in [2.45, 2.75) is 52.9 Å². The Bertz CT molecular complexity index is 728. The maximum Gasteiger partial charge on any atom is 0.192 e. The minimum atomic E-state index is -0.108. The fourth-order valence-electron chi connectivity index (χ4n) is 6.27. The third-order valence-electron chi connectivity index (χ3n) is 7.60. The van der Waals surface area contributed by atoms with Crippen molar-refractivity contribution >= 4 is 27.5 Å². The molecular formula is C21H25BrO2. The standard InChI is InChI=1S/C21H25BrO2/c1-4-12-11-13-14-5-6-17(24)20(14,2)9-7-15(13)21(3)10-8-16(23)19(22)18(12)21/h4,8,10,13-15H,5-7,9,11H2,1-3H3/b12-4+/t13-,14-,15-,20-,21+/m0/s1. The lowest BCUT2D eigenvalue weighted by atomic mass is 9.47. The zero-order chi connectivity index (χ0) is 17.3. The SMILES string of the molecule is C/C=C1\C[C@@H]2[C@H](CC[C@]3(C)C(=O)CC[C@@H]23)[C@@]2(C)C=CC(=O)C(Br)=C12. The summed E-state index contributed by atoms with van der Waals surface area (Å²) in [6.07, 6.45) is 11.0. The van der Waals surface area contributed by atoms with Gasteiger partial charge in [-0.05, 0) is 83.5 Å². The Labute approximate surface area is 152 Å². The van der Waals surface area contributed by atoms with Crippen molar-refractivity contribution in [2.24, 2.45) is 28.6 Å². The van der Waals surface area contributed by atoms with E-state index in [0.717, 1.165) is 36.6 Å². The minimum Gasteiger partial charge on any atom is -0.299 e. The molecule has 0 aliphatic heterocycles. The number of halogens is 1. The van der Waals surface area contributed by atoms with Gasteiger partial charge in [0, 0.05) is 17.3 Å². The summed E-state index contributed by atoms with van der Waals surface area (Å²) in [4.78, 5) is 24.7. The molecule has 4 aliphatic carbocycles. The van der Waals surface area contributed by atoms with E-state index in [1.54, 1.807) is 6.08 Å². The van der Waals surface area contributed by atoms with Crippen molar-refractivity contribution in [3.05, 3.63) is 33.9 Å². The monoisotopic (exact) mass is 388 g/mol. The molecule has 0 N–H and O–H groups in total. The highest BCUT2D eigenvalue weighted by atomic mass is 79.9. The Morgan fingerprint density at radius 3 is 2.67 bits per heavy atom. The first kappa shape index (κ1) is 16.5. The van der Waals surface area contributed by atoms with Gasteiger partial charge in [0.15, 0.2) is 5.78 Å². The molecule has 0 aromatic heterocycles. The number of Topliss-reactive ketones (excluding diaryl/α,β-unsaturated/α-hetero) is 1. The van der Waals surface area contributed by atoms with E-state index in [1.165, 1.54) is 11.1 Å². The van der Waals surface area contributed by atoms with Crippen LogP contribution in [0.15, 0.2) is 33.9 Å². The molecule has 24 heavy (non-hydrogen) atoms. The molecular weight excluding hydrogens is 364 g/mol. The van der Waals surface area contributed by atoms with Gasteiger partial charge < -0.3 is 0 Å². The summed E-state index contributed by atoms with van der Waals surface area (Å²) in [6, 6.07) is 0. The van der Waals surface area contributed by atoms with Gasteiger partial charge in [0.2, 0.25) is 0 Å². The van der Waals surface area contributed by atoms with Crippen molar-refractivity contribution in [1.82, 2.24) is 0 Å². The van der Waals surface area contributed by atoms with Crippen LogP contribution in [0.2, 0.25) is 0 Å². The van der Waals surface area contributed by atoms with Gasteiger partial charge >= 0.3 is 0 Å². The maximum atomic E-state index is 12.5. The summed E-state index contributed by atoms with van der Waals surface area (Å²) in [7, 11) is 0. The maximum absolute atomic E-state index is 12.5. The van der Waals surface area contributed by atoms with Gasteiger partial charge in [-0.3, -0.25) is 9.59 Å². The summed E-state index contributed by atoms with van der Waals surface area (Å²) in [6.45, 7) is 6.59. The summed E-state index contributed by atoms with van der Waals surface area (Å²) in [5.74, 6) is 2.14. The smallest absolute Gasteiger partial charge is 0.192 e. The average molecular weight is 389 g/mol. The van der Waals surface area contributed by atoms with Gasteiger partial charge in [-0.15, -0.1) is 0 Å². The molecule has 0 heterocycles. The highest BCUT2D eigenvalue weighted by Gasteiger charge is 2.59. The Kier molecular flexibility index (Phi) is 3.62. The summed E-state index contributed by atoms with van der Waals surface area (Å²) in [5.41, 5.74) is 2.30. The number of hydrogen-bond acceptors (Lipinski definition) is 2. The van der Waals surface area contributed by atoms with E-state index in [1.807, 2.05) is 0 Å². The topological polar surface area (TPSA) is 34.1 Å². The van der Waals surface area contributed by atoms with Crippen LogP contribution in [0.1, 0.15) is 52.9 Å². The van der Waals surface area contributed by atoms with Crippen LogP contribution in [0.25, 0.3) is 0 Å². The van der Waals surface area contributed by atoms with Crippen LogP contribution in [0.3, 0.4) is 0 Å². The zero-order valence-electron chi connectivity index (χ0n) is 14.7. The lowest BCUT2D eigenvalue weighted by Crippen LogP contribution is -2.50. The number of rotatable bonds is 0. The fraction of sp³-hybridized carbons (Fsp3) is 0.619. The molecule has 3 fully saturated rings. The van der Waals surface area contributed by atoms with Crippen LogP contribution >= 0.6 is 15.9 Å². The van der Waals surface area contributed by atoms with Gasteiger partial charge in [-0.2, -0.15) is 0 Å². The first-order valence-electron chi connectivity index (χ1n) is 9.15. The molecule has 4 aliphatic rings. The second-order valence-corrected chi connectivity index (χ2v) is 9.28. The Morgan fingerprint density at radius 1 is 1.21 bits per heavy atom. The van der Waals surface area contributed by atoms with Crippen molar-refractivity contribution in [2.75, 3.05) is 0 Å². The fourth-order valence-corrected chi connectivity index (χ4v) is 7.08. The van der Waals surface area contributed by atoms with E-state index < -0.39 is 0 Å². The normalized spacial score (nSPS) is 46.2. The van der Waals surface area contributed by atoms with Crippen LogP contribution in [0.4, 0.5) is 0 Å². The lowest BCUT2D eigenvalue weighted by Gasteiger charge is -2.56. The molecule has 0 amide bonds. The van der Waals surface area contributed by atoms with Crippen molar-refractivity contribution in [3.8, 4) is 0 Å². The van der Waals surface area contributed by atoms with Crippen LogP contribution in [-0.2, 0) is 9.59 Å². The second kappa shape index (κ2) is 5.27. The quantitative estimate of drug-likeness (QED) is 0.575. The molecule has 0 saturated heterocycles. The Balaban J connectivity index is 1.84. The average Bonchev–Trinajstić information content (AvgIpc) is 2.86. The largest absolute Gasteiger partial charge is 0.299 e.